The summed E-state index contributed by atoms with van der Waals surface area (Å²) in [6, 6.07) is 11.7. The molecule has 0 bridgehead atoms. The molecule has 1 amide bonds. The van der Waals surface area contributed by atoms with E-state index in [4.69, 9.17) is 9.47 Å². The standard InChI is InChI=1S/C21H24N2O3/c24-21(23(19-5-6-19)13-17-9-11-25-14-17)18-3-7-20(8-4-18)26-15-16-2-1-10-22-12-16/h1-4,7-8,10,12,17,19H,5-6,9,11,13-15H2. The van der Waals surface area contributed by atoms with Gasteiger partial charge in [0.1, 0.15) is 12.4 Å². The third-order valence-electron chi connectivity index (χ3n) is 4.96. The number of carbonyl (C=O) groups excluding carboxylic acids is 1. The highest BCUT2D eigenvalue weighted by Gasteiger charge is 2.35. The maximum Gasteiger partial charge on any atom is 0.254 e. The van der Waals surface area contributed by atoms with E-state index < -0.39 is 0 Å². The molecule has 1 aliphatic heterocycles. The first kappa shape index (κ1) is 17.0. The van der Waals surface area contributed by atoms with E-state index in [1.165, 1.54) is 0 Å². The molecule has 0 radical (unpaired) electrons. The Hall–Kier alpha value is -2.40. The summed E-state index contributed by atoms with van der Waals surface area (Å²) in [4.78, 5) is 19.1. The Kier molecular flexibility index (Phi) is 5.16. The van der Waals surface area contributed by atoms with Gasteiger partial charge >= 0.3 is 0 Å². The number of hydrogen-bond acceptors (Lipinski definition) is 4. The molecule has 5 nitrogen and oxygen atoms in total. The molecule has 1 atom stereocenters. The Morgan fingerprint density at radius 1 is 1.19 bits per heavy atom. The summed E-state index contributed by atoms with van der Waals surface area (Å²) >= 11 is 0. The van der Waals surface area contributed by atoms with E-state index in [2.05, 4.69) is 4.98 Å². The molecule has 1 unspecified atom stereocenters. The van der Waals surface area contributed by atoms with Crippen LogP contribution in [0.15, 0.2) is 48.8 Å². The summed E-state index contributed by atoms with van der Waals surface area (Å²) in [5, 5.41) is 0. The largest absolute Gasteiger partial charge is 0.489 e. The number of carbonyl (C=O) groups is 1. The van der Waals surface area contributed by atoms with E-state index in [1.807, 2.05) is 41.3 Å². The predicted molar refractivity (Wildman–Crippen MR) is 98.0 cm³/mol. The Morgan fingerprint density at radius 3 is 2.69 bits per heavy atom. The molecule has 2 heterocycles. The number of aromatic nitrogens is 1. The zero-order valence-electron chi connectivity index (χ0n) is 14.8. The minimum atomic E-state index is 0.123. The van der Waals surface area contributed by atoms with Gasteiger partial charge in [0.25, 0.3) is 5.91 Å². The molecule has 2 aliphatic rings. The van der Waals surface area contributed by atoms with Crippen molar-refractivity contribution >= 4 is 5.91 Å². The van der Waals surface area contributed by atoms with Crippen LogP contribution in [0, 0.1) is 5.92 Å². The monoisotopic (exact) mass is 352 g/mol. The molecule has 0 N–H and O–H groups in total. The average Bonchev–Trinajstić information content (AvgIpc) is 3.41. The first-order chi connectivity index (χ1) is 12.8. The summed E-state index contributed by atoms with van der Waals surface area (Å²) in [5.41, 5.74) is 1.75. The highest BCUT2D eigenvalue weighted by Crippen LogP contribution is 2.30. The maximum absolute atomic E-state index is 12.9. The van der Waals surface area contributed by atoms with Crippen LogP contribution in [0.4, 0.5) is 0 Å². The Balaban J connectivity index is 1.37. The molecule has 26 heavy (non-hydrogen) atoms. The number of benzene rings is 1. The molecule has 2 aromatic rings. The van der Waals surface area contributed by atoms with Crippen LogP contribution in [0.1, 0.15) is 35.2 Å². The molecule has 136 valence electrons. The van der Waals surface area contributed by atoms with Crippen LogP contribution in [0.5, 0.6) is 5.75 Å². The lowest BCUT2D eigenvalue weighted by Crippen LogP contribution is -2.37. The van der Waals surface area contributed by atoms with Gasteiger partial charge in [0.15, 0.2) is 0 Å². The number of ether oxygens (including phenoxy) is 2. The van der Waals surface area contributed by atoms with Crippen molar-refractivity contribution in [2.24, 2.45) is 5.92 Å². The van der Waals surface area contributed by atoms with Crippen molar-refractivity contribution < 1.29 is 14.3 Å². The lowest BCUT2D eigenvalue weighted by Gasteiger charge is -2.25. The van der Waals surface area contributed by atoms with Gasteiger partial charge in [-0.15, -0.1) is 0 Å². The SMILES string of the molecule is O=C(c1ccc(OCc2cccnc2)cc1)N(CC1CCOC1)C1CC1. The molecule has 5 heteroatoms. The van der Waals surface area contributed by atoms with E-state index in [-0.39, 0.29) is 5.91 Å². The van der Waals surface area contributed by atoms with Gasteiger partial charge in [0, 0.05) is 48.6 Å². The number of hydrogen-bond donors (Lipinski definition) is 0. The molecule has 1 saturated heterocycles. The lowest BCUT2D eigenvalue weighted by atomic mass is 10.1. The van der Waals surface area contributed by atoms with Crippen molar-refractivity contribution in [1.29, 1.82) is 0 Å². The summed E-state index contributed by atoms with van der Waals surface area (Å²) in [6.45, 7) is 2.87. The zero-order valence-corrected chi connectivity index (χ0v) is 14.8. The first-order valence-corrected chi connectivity index (χ1v) is 9.30. The normalized spacial score (nSPS) is 19.3. The topological polar surface area (TPSA) is 51.7 Å². The maximum atomic E-state index is 12.9. The molecule has 4 rings (SSSR count). The van der Waals surface area contributed by atoms with Gasteiger partial charge in [-0.05, 0) is 49.6 Å². The van der Waals surface area contributed by atoms with E-state index in [0.29, 0.717) is 18.6 Å². The van der Waals surface area contributed by atoms with Crippen LogP contribution in [0.25, 0.3) is 0 Å². The molecule has 1 aliphatic carbocycles. The number of rotatable bonds is 7. The van der Waals surface area contributed by atoms with Crippen LogP contribution < -0.4 is 4.74 Å². The van der Waals surface area contributed by atoms with Crippen LogP contribution in [-0.2, 0) is 11.3 Å². The van der Waals surface area contributed by atoms with Crippen molar-refractivity contribution in [3.8, 4) is 5.75 Å². The van der Waals surface area contributed by atoms with E-state index in [1.54, 1.807) is 12.4 Å². The second-order valence-corrected chi connectivity index (χ2v) is 7.09. The smallest absolute Gasteiger partial charge is 0.254 e. The van der Waals surface area contributed by atoms with Crippen molar-refractivity contribution in [2.75, 3.05) is 19.8 Å². The second-order valence-electron chi connectivity index (χ2n) is 7.09. The number of amides is 1. The summed E-state index contributed by atoms with van der Waals surface area (Å²) < 4.78 is 11.2. The fraction of sp³-hybridized carbons (Fsp3) is 0.429. The van der Waals surface area contributed by atoms with Gasteiger partial charge in [-0.25, -0.2) is 0 Å². The van der Waals surface area contributed by atoms with E-state index >= 15 is 0 Å². The predicted octanol–water partition coefficient (Wildman–Crippen LogP) is 3.30. The minimum absolute atomic E-state index is 0.123. The fourth-order valence-electron chi connectivity index (χ4n) is 3.30. The third kappa shape index (κ3) is 4.22. The Bertz CT molecular complexity index is 723. The summed E-state index contributed by atoms with van der Waals surface area (Å²) in [5.74, 6) is 1.35. The van der Waals surface area contributed by atoms with Gasteiger partial charge < -0.3 is 14.4 Å². The molecular weight excluding hydrogens is 328 g/mol. The Labute approximate surface area is 153 Å². The molecular formula is C21H24N2O3. The molecule has 0 spiro atoms. The molecule has 1 saturated carbocycles. The lowest BCUT2D eigenvalue weighted by molar-refractivity contribution is 0.0706. The van der Waals surface area contributed by atoms with Crippen LogP contribution in [-0.4, -0.2) is 41.6 Å². The first-order valence-electron chi connectivity index (χ1n) is 9.30. The number of nitrogens with zero attached hydrogens (tertiary/aromatic N) is 2. The summed E-state index contributed by atoms with van der Waals surface area (Å²) in [6.07, 6.45) is 6.82. The molecule has 2 fully saturated rings. The van der Waals surface area contributed by atoms with Crippen LogP contribution in [0.2, 0.25) is 0 Å². The van der Waals surface area contributed by atoms with Crippen molar-refractivity contribution in [3.63, 3.8) is 0 Å². The van der Waals surface area contributed by atoms with Crippen molar-refractivity contribution in [3.05, 3.63) is 59.9 Å². The van der Waals surface area contributed by atoms with Gasteiger partial charge in [-0.1, -0.05) is 6.07 Å². The second kappa shape index (κ2) is 7.87. The van der Waals surface area contributed by atoms with E-state index in [0.717, 1.165) is 55.9 Å². The molecule has 1 aromatic heterocycles. The van der Waals surface area contributed by atoms with Crippen LogP contribution >= 0.6 is 0 Å². The van der Waals surface area contributed by atoms with Gasteiger partial charge in [0.05, 0.1) is 6.61 Å². The molecule has 1 aromatic carbocycles. The van der Waals surface area contributed by atoms with Gasteiger partial charge in [-0.3, -0.25) is 9.78 Å². The third-order valence-corrected chi connectivity index (χ3v) is 4.96. The van der Waals surface area contributed by atoms with Gasteiger partial charge in [0.2, 0.25) is 0 Å². The highest BCUT2D eigenvalue weighted by molar-refractivity contribution is 5.94. The van der Waals surface area contributed by atoms with Gasteiger partial charge in [-0.2, -0.15) is 0 Å². The van der Waals surface area contributed by atoms with Crippen molar-refractivity contribution in [1.82, 2.24) is 9.88 Å². The van der Waals surface area contributed by atoms with E-state index in [9.17, 15) is 4.79 Å². The average molecular weight is 352 g/mol. The Morgan fingerprint density at radius 2 is 2.04 bits per heavy atom. The van der Waals surface area contributed by atoms with Crippen molar-refractivity contribution in [2.45, 2.75) is 31.9 Å². The zero-order chi connectivity index (χ0) is 17.8. The quantitative estimate of drug-likeness (QED) is 0.767. The minimum Gasteiger partial charge on any atom is -0.489 e. The summed E-state index contributed by atoms with van der Waals surface area (Å²) in [7, 11) is 0. The number of pyridine rings is 1. The fourth-order valence-corrected chi connectivity index (χ4v) is 3.30. The van der Waals surface area contributed by atoms with Crippen LogP contribution in [0.3, 0.4) is 0 Å². The highest BCUT2D eigenvalue weighted by atomic mass is 16.5.